The van der Waals surface area contributed by atoms with Gasteiger partial charge in [0.05, 0.1) is 0 Å². The molecule has 0 bridgehead atoms. The Morgan fingerprint density at radius 1 is 1.08 bits per heavy atom. The third-order valence-corrected chi connectivity index (χ3v) is 5.95. The fraction of sp³-hybridized carbons (Fsp3) is 0.667. The average molecular weight is 396 g/mol. The van der Waals surface area contributed by atoms with Gasteiger partial charge >= 0.3 is 15.6 Å². The first-order valence-corrected chi connectivity index (χ1v) is 10.3. The lowest BCUT2D eigenvalue weighted by atomic mass is 9.78. The van der Waals surface area contributed by atoms with E-state index in [1.165, 1.54) is 31.7 Å². The second-order valence-corrected chi connectivity index (χ2v) is 8.50. The summed E-state index contributed by atoms with van der Waals surface area (Å²) in [6, 6.07) is 3.39. The van der Waals surface area contributed by atoms with Gasteiger partial charge in [0.25, 0.3) is 0 Å². The minimum Gasteiger partial charge on any atom is -0.373 e. The van der Waals surface area contributed by atoms with E-state index < -0.39 is 27.2 Å². The molecule has 3 nitrogen and oxygen atoms in total. The molecule has 0 unspecified atom stereocenters. The lowest BCUT2D eigenvalue weighted by molar-refractivity contribution is -0.0500. The molecule has 1 aromatic rings. The molecule has 1 saturated carbocycles. The Morgan fingerprint density at radius 3 is 2.15 bits per heavy atom. The topological polar surface area (TPSA) is 43.4 Å². The minimum absolute atomic E-state index is 0.577. The van der Waals surface area contributed by atoms with Gasteiger partial charge in [-0.15, -0.1) is 0 Å². The summed E-state index contributed by atoms with van der Waals surface area (Å²) >= 11 is 0. The standard InChI is InChI=1S/C18H24F4O3S/c1-2-3-13-4-6-14(7-5-13)8-9-15-10-11-17(16(19)12-15)25-26(23,24)18(20,21)22/h10-14H,2-9H2,1H3. The van der Waals surface area contributed by atoms with Crippen molar-refractivity contribution in [2.24, 2.45) is 11.8 Å². The highest BCUT2D eigenvalue weighted by atomic mass is 32.2. The average Bonchev–Trinajstić information content (AvgIpc) is 2.55. The summed E-state index contributed by atoms with van der Waals surface area (Å²) in [5.74, 6) is -0.665. The summed E-state index contributed by atoms with van der Waals surface area (Å²) < 4.78 is 76.6. The van der Waals surface area contributed by atoms with E-state index in [1.54, 1.807) is 0 Å². The number of hydrogen-bond donors (Lipinski definition) is 0. The fourth-order valence-corrected chi connectivity index (χ4v) is 3.99. The van der Waals surface area contributed by atoms with E-state index in [0.29, 0.717) is 17.9 Å². The van der Waals surface area contributed by atoms with Crippen LogP contribution in [0, 0.1) is 17.7 Å². The Bertz CT molecular complexity index is 693. The quantitative estimate of drug-likeness (QED) is 0.343. The molecule has 0 spiro atoms. The first kappa shape index (κ1) is 21.0. The van der Waals surface area contributed by atoms with Crippen molar-refractivity contribution in [1.29, 1.82) is 0 Å². The van der Waals surface area contributed by atoms with Gasteiger partial charge in [0.15, 0.2) is 11.6 Å². The Labute approximate surface area is 151 Å². The molecule has 0 N–H and O–H groups in total. The molecule has 0 atom stereocenters. The lowest BCUT2D eigenvalue weighted by Gasteiger charge is -2.28. The first-order valence-electron chi connectivity index (χ1n) is 8.91. The number of benzene rings is 1. The molecule has 1 aliphatic carbocycles. The summed E-state index contributed by atoms with van der Waals surface area (Å²) in [7, 11) is -5.87. The van der Waals surface area contributed by atoms with E-state index in [0.717, 1.165) is 37.3 Å². The maximum Gasteiger partial charge on any atom is 0.534 e. The minimum atomic E-state index is -5.87. The van der Waals surface area contributed by atoms with Gasteiger partial charge in [-0.2, -0.15) is 21.6 Å². The van der Waals surface area contributed by atoms with Crippen LogP contribution in [0.2, 0.25) is 0 Å². The molecule has 148 valence electrons. The molecule has 8 heteroatoms. The first-order chi connectivity index (χ1) is 12.1. The largest absolute Gasteiger partial charge is 0.534 e. The van der Waals surface area contributed by atoms with Gasteiger partial charge in [0, 0.05) is 0 Å². The van der Waals surface area contributed by atoms with Crippen LogP contribution in [0.1, 0.15) is 57.4 Å². The Kier molecular flexibility index (Phi) is 6.93. The fourth-order valence-electron chi connectivity index (χ4n) is 3.52. The van der Waals surface area contributed by atoms with Crippen LogP contribution in [0.3, 0.4) is 0 Å². The molecular weight excluding hydrogens is 372 g/mol. The molecule has 0 amide bonds. The smallest absolute Gasteiger partial charge is 0.373 e. The molecule has 0 heterocycles. The summed E-state index contributed by atoms with van der Waals surface area (Å²) in [5, 5.41) is 0. The molecule has 0 radical (unpaired) electrons. The predicted molar refractivity (Wildman–Crippen MR) is 90.7 cm³/mol. The number of alkyl halides is 3. The molecule has 1 aromatic carbocycles. The Hall–Kier alpha value is -1.31. The van der Waals surface area contributed by atoms with Gasteiger partial charge in [-0.3, -0.25) is 0 Å². The van der Waals surface area contributed by atoms with Crippen LogP contribution in [0.15, 0.2) is 18.2 Å². The maximum absolute atomic E-state index is 13.9. The SMILES string of the molecule is CCCC1CCC(CCc2ccc(OS(=O)(=O)C(F)(F)F)c(F)c2)CC1. The van der Waals surface area contributed by atoms with Crippen LogP contribution in [-0.2, 0) is 16.5 Å². The van der Waals surface area contributed by atoms with Crippen molar-refractivity contribution < 1.29 is 30.2 Å². The van der Waals surface area contributed by atoms with Crippen LogP contribution < -0.4 is 4.18 Å². The molecule has 0 saturated heterocycles. The summed E-state index contributed by atoms with van der Waals surface area (Å²) in [4.78, 5) is 0. The third kappa shape index (κ3) is 5.59. The molecule has 26 heavy (non-hydrogen) atoms. The summed E-state index contributed by atoms with van der Waals surface area (Å²) in [6.07, 6.45) is 8.69. The van der Waals surface area contributed by atoms with Gasteiger partial charge in [-0.05, 0) is 42.4 Å². The zero-order chi connectivity index (χ0) is 19.4. The van der Waals surface area contributed by atoms with E-state index >= 15 is 0 Å². The summed E-state index contributed by atoms with van der Waals surface area (Å²) in [6.45, 7) is 2.19. The van der Waals surface area contributed by atoms with Gasteiger partial charge in [-0.25, -0.2) is 4.39 Å². The highest BCUT2D eigenvalue weighted by Gasteiger charge is 2.48. The van der Waals surface area contributed by atoms with Crippen LogP contribution in [0.25, 0.3) is 0 Å². The maximum atomic E-state index is 13.9. The van der Waals surface area contributed by atoms with E-state index in [-0.39, 0.29) is 0 Å². The number of halogens is 4. The van der Waals surface area contributed by atoms with Crippen molar-refractivity contribution in [1.82, 2.24) is 0 Å². The molecule has 0 aliphatic heterocycles. The monoisotopic (exact) mass is 396 g/mol. The predicted octanol–water partition coefficient (Wildman–Crippen LogP) is 5.59. The third-order valence-electron chi connectivity index (χ3n) is 4.98. The highest BCUT2D eigenvalue weighted by Crippen LogP contribution is 2.34. The lowest BCUT2D eigenvalue weighted by Crippen LogP contribution is -2.28. The normalized spacial score (nSPS) is 21.6. The van der Waals surface area contributed by atoms with Gasteiger partial charge in [0.1, 0.15) is 0 Å². The van der Waals surface area contributed by atoms with Gasteiger partial charge in [0.2, 0.25) is 0 Å². The van der Waals surface area contributed by atoms with Gasteiger partial charge < -0.3 is 4.18 Å². The molecule has 1 fully saturated rings. The Morgan fingerprint density at radius 2 is 1.65 bits per heavy atom. The van der Waals surface area contributed by atoms with Crippen molar-refractivity contribution in [3.63, 3.8) is 0 Å². The van der Waals surface area contributed by atoms with E-state index in [4.69, 9.17) is 0 Å². The zero-order valence-corrected chi connectivity index (χ0v) is 15.5. The Balaban J connectivity index is 1.90. The van der Waals surface area contributed by atoms with E-state index in [2.05, 4.69) is 11.1 Å². The highest BCUT2D eigenvalue weighted by molar-refractivity contribution is 7.88. The van der Waals surface area contributed by atoms with Crippen molar-refractivity contribution in [2.75, 3.05) is 0 Å². The number of aryl methyl sites for hydroxylation is 1. The number of hydrogen-bond acceptors (Lipinski definition) is 3. The molecular formula is C18H24F4O3S. The van der Waals surface area contributed by atoms with Crippen molar-refractivity contribution in [3.8, 4) is 5.75 Å². The number of rotatable bonds is 7. The van der Waals surface area contributed by atoms with Gasteiger partial charge in [-0.1, -0.05) is 51.5 Å². The van der Waals surface area contributed by atoms with Crippen LogP contribution in [-0.4, -0.2) is 13.9 Å². The van der Waals surface area contributed by atoms with Crippen molar-refractivity contribution >= 4 is 10.1 Å². The van der Waals surface area contributed by atoms with Crippen molar-refractivity contribution in [2.45, 2.75) is 63.8 Å². The van der Waals surface area contributed by atoms with Crippen LogP contribution in [0.5, 0.6) is 5.75 Å². The zero-order valence-electron chi connectivity index (χ0n) is 14.7. The van der Waals surface area contributed by atoms with Crippen LogP contribution >= 0.6 is 0 Å². The van der Waals surface area contributed by atoms with Crippen molar-refractivity contribution in [3.05, 3.63) is 29.6 Å². The molecule has 1 aliphatic rings. The molecule has 2 rings (SSSR count). The van der Waals surface area contributed by atoms with E-state index in [1.807, 2.05) is 0 Å². The van der Waals surface area contributed by atoms with Crippen LogP contribution in [0.4, 0.5) is 17.6 Å². The summed E-state index contributed by atoms with van der Waals surface area (Å²) in [5.41, 5.74) is -4.97. The molecule has 0 aromatic heterocycles. The van der Waals surface area contributed by atoms with E-state index in [9.17, 15) is 26.0 Å². The second kappa shape index (κ2) is 8.59. The second-order valence-electron chi connectivity index (χ2n) is 6.96.